The number of aromatic nitrogens is 2. The smallest absolute Gasteiger partial charge is 0.250 e. The molecule has 1 aromatic rings. The first kappa shape index (κ1) is 19.7. The van der Waals surface area contributed by atoms with E-state index in [1.165, 1.54) is 51.4 Å². The molecule has 2 aliphatic heterocycles. The van der Waals surface area contributed by atoms with E-state index in [0.29, 0.717) is 11.3 Å². The van der Waals surface area contributed by atoms with Crippen LogP contribution < -0.4 is 5.32 Å². The lowest BCUT2D eigenvalue weighted by molar-refractivity contribution is -0.147. The standard InChI is InChI=1S/C20H32N4O.ClH/c25-18(20(10-13-21-14-11-20)24-16-6-12-22-24)23-15-5-9-19(17-23)7-3-1-2-4-8-19;/h6,12,16,21H,1-5,7-11,13-15,17H2;1H. The Kier molecular flexibility index (Phi) is 6.29. The predicted octanol–water partition coefficient (Wildman–Crippen LogP) is 3.35. The highest BCUT2D eigenvalue weighted by atomic mass is 35.5. The Labute approximate surface area is 163 Å². The van der Waals surface area contributed by atoms with E-state index in [-0.39, 0.29) is 12.4 Å². The molecule has 0 unspecified atom stereocenters. The maximum atomic E-state index is 13.7. The highest BCUT2D eigenvalue weighted by Crippen LogP contribution is 2.43. The molecule has 6 heteroatoms. The molecule has 0 aromatic carbocycles. The number of hydrogen-bond donors (Lipinski definition) is 1. The molecule has 1 aromatic heterocycles. The lowest BCUT2D eigenvalue weighted by atomic mass is 9.73. The van der Waals surface area contributed by atoms with Crippen molar-refractivity contribution in [3.8, 4) is 0 Å². The summed E-state index contributed by atoms with van der Waals surface area (Å²) in [5.74, 6) is 0.320. The summed E-state index contributed by atoms with van der Waals surface area (Å²) < 4.78 is 1.95. The van der Waals surface area contributed by atoms with Crippen molar-refractivity contribution in [1.29, 1.82) is 0 Å². The summed E-state index contributed by atoms with van der Waals surface area (Å²) in [7, 11) is 0. The molecule has 0 atom stereocenters. The Hall–Kier alpha value is -1.07. The lowest BCUT2D eigenvalue weighted by Crippen LogP contribution is -2.58. The molecule has 0 bridgehead atoms. The van der Waals surface area contributed by atoms with Crippen molar-refractivity contribution in [3.63, 3.8) is 0 Å². The zero-order valence-corrected chi connectivity index (χ0v) is 16.6. The normalized spacial score (nSPS) is 25.3. The van der Waals surface area contributed by atoms with Gasteiger partial charge in [0.25, 0.3) is 5.91 Å². The summed E-state index contributed by atoms with van der Waals surface area (Å²) in [4.78, 5) is 15.9. The van der Waals surface area contributed by atoms with Crippen LogP contribution in [0.4, 0.5) is 0 Å². The van der Waals surface area contributed by atoms with Crippen LogP contribution in [0.5, 0.6) is 0 Å². The summed E-state index contributed by atoms with van der Waals surface area (Å²) in [5, 5.41) is 7.90. The fraction of sp³-hybridized carbons (Fsp3) is 0.800. The lowest BCUT2D eigenvalue weighted by Gasteiger charge is -2.47. The van der Waals surface area contributed by atoms with E-state index >= 15 is 0 Å². The van der Waals surface area contributed by atoms with Crippen LogP contribution in [0.25, 0.3) is 0 Å². The first-order valence-electron chi connectivity index (χ1n) is 10.2. The van der Waals surface area contributed by atoms with Crippen molar-refractivity contribution in [2.75, 3.05) is 26.2 Å². The molecule has 26 heavy (non-hydrogen) atoms. The Balaban J connectivity index is 0.00000196. The molecule has 1 spiro atoms. The minimum absolute atomic E-state index is 0. The summed E-state index contributed by atoms with van der Waals surface area (Å²) in [5.41, 5.74) is -0.0827. The summed E-state index contributed by atoms with van der Waals surface area (Å²) in [6.45, 7) is 3.69. The Morgan fingerprint density at radius 3 is 2.31 bits per heavy atom. The van der Waals surface area contributed by atoms with Gasteiger partial charge in [-0.3, -0.25) is 9.48 Å². The summed E-state index contributed by atoms with van der Waals surface area (Å²) in [6.07, 6.45) is 16.0. The molecule has 3 fully saturated rings. The van der Waals surface area contributed by atoms with Gasteiger partial charge >= 0.3 is 0 Å². The monoisotopic (exact) mass is 380 g/mol. The van der Waals surface area contributed by atoms with E-state index in [1.54, 1.807) is 6.20 Å². The van der Waals surface area contributed by atoms with Crippen LogP contribution in [-0.2, 0) is 10.3 Å². The number of halogens is 1. The number of carbonyl (C=O) groups is 1. The van der Waals surface area contributed by atoms with Crippen LogP contribution in [0.2, 0.25) is 0 Å². The highest BCUT2D eigenvalue weighted by Gasteiger charge is 2.47. The minimum atomic E-state index is -0.474. The topological polar surface area (TPSA) is 50.2 Å². The molecule has 1 aliphatic carbocycles. The van der Waals surface area contributed by atoms with Crippen molar-refractivity contribution in [3.05, 3.63) is 18.5 Å². The molecule has 2 saturated heterocycles. The van der Waals surface area contributed by atoms with Gasteiger partial charge in [0.2, 0.25) is 0 Å². The van der Waals surface area contributed by atoms with Crippen LogP contribution in [-0.4, -0.2) is 46.8 Å². The quantitative estimate of drug-likeness (QED) is 0.855. The number of carbonyl (C=O) groups excluding carboxylic acids is 1. The van der Waals surface area contributed by atoms with Gasteiger partial charge in [0, 0.05) is 25.5 Å². The van der Waals surface area contributed by atoms with Gasteiger partial charge in [-0.2, -0.15) is 5.10 Å². The van der Waals surface area contributed by atoms with Crippen LogP contribution >= 0.6 is 12.4 Å². The van der Waals surface area contributed by atoms with Gasteiger partial charge in [-0.05, 0) is 63.1 Å². The van der Waals surface area contributed by atoms with Gasteiger partial charge in [0.05, 0.1) is 0 Å². The van der Waals surface area contributed by atoms with Gasteiger partial charge in [0.15, 0.2) is 0 Å². The number of amides is 1. The fourth-order valence-electron chi connectivity index (χ4n) is 5.47. The van der Waals surface area contributed by atoms with Crippen LogP contribution in [0.3, 0.4) is 0 Å². The van der Waals surface area contributed by atoms with Crippen molar-refractivity contribution in [2.45, 2.75) is 69.7 Å². The van der Waals surface area contributed by atoms with Gasteiger partial charge in [-0.1, -0.05) is 25.7 Å². The van der Waals surface area contributed by atoms with Gasteiger partial charge in [-0.15, -0.1) is 12.4 Å². The maximum absolute atomic E-state index is 13.7. The third-order valence-corrected chi connectivity index (χ3v) is 6.88. The zero-order valence-electron chi connectivity index (χ0n) is 15.8. The second kappa shape index (κ2) is 8.30. The van der Waals surface area contributed by atoms with E-state index in [4.69, 9.17) is 0 Å². The molecule has 1 amide bonds. The van der Waals surface area contributed by atoms with Crippen LogP contribution in [0.15, 0.2) is 18.5 Å². The average Bonchev–Trinajstić information content (AvgIpc) is 3.12. The van der Waals surface area contributed by atoms with Crippen molar-refractivity contribution < 1.29 is 4.79 Å². The molecular formula is C20H33ClN4O. The molecule has 0 radical (unpaired) electrons. The first-order valence-corrected chi connectivity index (χ1v) is 10.2. The number of hydrogen-bond acceptors (Lipinski definition) is 3. The van der Waals surface area contributed by atoms with Crippen molar-refractivity contribution >= 4 is 18.3 Å². The van der Waals surface area contributed by atoms with E-state index in [0.717, 1.165) is 39.0 Å². The van der Waals surface area contributed by atoms with Gasteiger partial charge in [-0.25, -0.2) is 0 Å². The van der Waals surface area contributed by atoms with E-state index in [2.05, 4.69) is 15.3 Å². The molecule has 4 rings (SSSR count). The summed E-state index contributed by atoms with van der Waals surface area (Å²) in [6, 6.07) is 1.94. The fourth-order valence-corrected chi connectivity index (χ4v) is 5.47. The number of nitrogens with zero attached hydrogens (tertiary/aromatic N) is 3. The van der Waals surface area contributed by atoms with Crippen LogP contribution in [0.1, 0.15) is 64.2 Å². The minimum Gasteiger partial charge on any atom is -0.340 e. The van der Waals surface area contributed by atoms with Crippen molar-refractivity contribution in [2.24, 2.45) is 5.41 Å². The number of likely N-dealkylation sites (tertiary alicyclic amines) is 1. The highest BCUT2D eigenvalue weighted by molar-refractivity contribution is 5.85. The maximum Gasteiger partial charge on any atom is 0.250 e. The van der Waals surface area contributed by atoms with Crippen molar-refractivity contribution in [1.82, 2.24) is 20.0 Å². The zero-order chi connectivity index (χ0) is 17.2. The Morgan fingerprint density at radius 1 is 0.962 bits per heavy atom. The third-order valence-electron chi connectivity index (χ3n) is 6.88. The number of piperidine rings is 2. The van der Waals surface area contributed by atoms with E-state index in [1.807, 2.05) is 16.9 Å². The second-order valence-corrected chi connectivity index (χ2v) is 8.48. The predicted molar refractivity (Wildman–Crippen MR) is 106 cm³/mol. The van der Waals surface area contributed by atoms with Gasteiger partial charge < -0.3 is 10.2 Å². The average molecular weight is 381 g/mol. The molecule has 5 nitrogen and oxygen atoms in total. The first-order chi connectivity index (χ1) is 12.2. The summed E-state index contributed by atoms with van der Waals surface area (Å²) >= 11 is 0. The molecule has 1 saturated carbocycles. The largest absolute Gasteiger partial charge is 0.340 e. The molecular weight excluding hydrogens is 348 g/mol. The second-order valence-electron chi connectivity index (χ2n) is 8.48. The molecule has 3 aliphatic rings. The van der Waals surface area contributed by atoms with E-state index < -0.39 is 5.54 Å². The number of nitrogens with one attached hydrogen (secondary N) is 1. The van der Waals surface area contributed by atoms with Crippen LogP contribution in [0, 0.1) is 5.41 Å². The third kappa shape index (κ3) is 3.65. The van der Waals surface area contributed by atoms with E-state index in [9.17, 15) is 4.79 Å². The van der Waals surface area contributed by atoms with Gasteiger partial charge in [0.1, 0.15) is 5.54 Å². The SMILES string of the molecule is Cl.O=C(N1CCCC2(CCCCCC2)C1)C1(n2cccn2)CCNCC1. The Morgan fingerprint density at radius 2 is 1.65 bits per heavy atom. The molecule has 1 N–H and O–H groups in total. The Bertz CT molecular complexity index is 575. The number of rotatable bonds is 2. The molecule has 146 valence electrons. The molecule has 3 heterocycles.